The fraction of sp³-hybridized carbons (Fsp3) is 0.182. The summed E-state index contributed by atoms with van der Waals surface area (Å²) in [6.45, 7) is 1.99. The summed E-state index contributed by atoms with van der Waals surface area (Å²) >= 11 is 1.60. The Bertz CT molecular complexity index is 485. The quantitative estimate of drug-likeness (QED) is 0.706. The molecule has 0 aliphatic heterocycles. The van der Waals surface area contributed by atoms with Crippen molar-refractivity contribution in [2.75, 3.05) is 7.11 Å². The van der Waals surface area contributed by atoms with Gasteiger partial charge in [-0.2, -0.15) is 0 Å². The third kappa shape index (κ3) is 1.30. The summed E-state index contributed by atoms with van der Waals surface area (Å²) in [6, 6.07) is 3.77. The van der Waals surface area contributed by atoms with Crippen molar-refractivity contribution in [1.29, 1.82) is 0 Å². The summed E-state index contributed by atoms with van der Waals surface area (Å²) in [5, 5.41) is 3.08. The van der Waals surface area contributed by atoms with Gasteiger partial charge in [0.2, 0.25) is 0 Å². The number of aryl methyl sites for hydroxylation is 1. The molecule has 1 heterocycles. The third-order valence-electron chi connectivity index (χ3n) is 2.22. The van der Waals surface area contributed by atoms with E-state index < -0.39 is 0 Å². The first-order valence-corrected chi connectivity index (χ1v) is 5.15. The van der Waals surface area contributed by atoms with Crippen LogP contribution >= 0.6 is 11.3 Å². The van der Waals surface area contributed by atoms with Gasteiger partial charge in [0.15, 0.2) is 0 Å². The predicted octanol–water partition coefficient (Wildman–Crippen LogP) is 3.03. The molecule has 72 valence electrons. The van der Waals surface area contributed by atoms with Gasteiger partial charge in [-0.15, -0.1) is 11.3 Å². The number of ether oxygens (including phenoxy) is 1. The van der Waals surface area contributed by atoms with Crippen molar-refractivity contribution in [1.82, 2.24) is 0 Å². The smallest absolute Gasteiger partial charge is 0.150 e. The van der Waals surface area contributed by atoms with E-state index >= 15 is 0 Å². The van der Waals surface area contributed by atoms with Gasteiger partial charge in [-0.1, -0.05) is 0 Å². The zero-order chi connectivity index (χ0) is 10.1. The van der Waals surface area contributed by atoms with Gasteiger partial charge in [0.1, 0.15) is 12.0 Å². The minimum atomic E-state index is 0.722. The minimum absolute atomic E-state index is 0.722. The number of carbonyl (C=O) groups excluding carboxylic acids is 1. The van der Waals surface area contributed by atoms with Crippen LogP contribution in [0.1, 0.15) is 15.9 Å². The highest BCUT2D eigenvalue weighted by atomic mass is 32.1. The van der Waals surface area contributed by atoms with Crippen molar-refractivity contribution >= 4 is 27.7 Å². The molecule has 0 atom stereocenters. The van der Waals surface area contributed by atoms with E-state index in [0.717, 1.165) is 33.2 Å². The highest BCUT2D eigenvalue weighted by Crippen LogP contribution is 2.34. The Hall–Kier alpha value is -1.35. The average Bonchev–Trinajstić information content (AvgIpc) is 2.61. The molecule has 0 bridgehead atoms. The van der Waals surface area contributed by atoms with Crippen LogP contribution in [0.5, 0.6) is 5.75 Å². The molecule has 2 nitrogen and oxygen atoms in total. The fourth-order valence-electron chi connectivity index (χ4n) is 1.58. The van der Waals surface area contributed by atoms with E-state index in [1.54, 1.807) is 18.4 Å². The topological polar surface area (TPSA) is 26.3 Å². The summed E-state index contributed by atoms with van der Waals surface area (Å²) in [5.41, 5.74) is 1.81. The summed E-state index contributed by atoms with van der Waals surface area (Å²) in [4.78, 5) is 10.7. The lowest BCUT2D eigenvalue weighted by Crippen LogP contribution is -1.85. The van der Waals surface area contributed by atoms with Crippen LogP contribution in [0.25, 0.3) is 10.1 Å². The zero-order valence-electron chi connectivity index (χ0n) is 8.03. The van der Waals surface area contributed by atoms with E-state index in [9.17, 15) is 4.79 Å². The van der Waals surface area contributed by atoms with Gasteiger partial charge in [0.05, 0.1) is 7.11 Å². The predicted molar refractivity (Wildman–Crippen MR) is 58.5 cm³/mol. The standard InChI is InChI=1S/C11H10O2S/c1-7-3-8(5-12)4-10-11(7)9(13-2)6-14-10/h3-6H,1-2H3. The molecule has 0 saturated carbocycles. The van der Waals surface area contributed by atoms with E-state index in [2.05, 4.69) is 0 Å². The lowest BCUT2D eigenvalue weighted by atomic mass is 10.1. The molecular weight excluding hydrogens is 196 g/mol. The Labute approximate surface area is 86.1 Å². The number of benzene rings is 1. The van der Waals surface area contributed by atoms with Crippen molar-refractivity contribution in [2.24, 2.45) is 0 Å². The lowest BCUT2D eigenvalue weighted by Gasteiger charge is -2.01. The van der Waals surface area contributed by atoms with Crippen LogP contribution in [0.3, 0.4) is 0 Å². The normalized spacial score (nSPS) is 10.4. The molecule has 0 spiro atoms. The Morgan fingerprint density at radius 2 is 2.21 bits per heavy atom. The van der Waals surface area contributed by atoms with Gasteiger partial charge in [-0.05, 0) is 24.6 Å². The Morgan fingerprint density at radius 1 is 1.43 bits per heavy atom. The number of hydrogen-bond donors (Lipinski definition) is 0. The second-order valence-corrected chi connectivity index (χ2v) is 4.04. The third-order valence-corrected chi connectivity index (χ3v) is 3.12. The van der Waals surface area contributed by atoms with Crippen molar-refractivity contribution in [3.05, 3.63) is 28.6 Å². The van der Waals surface area contributed by atoms with Crippen LogP contribution in [-0.2, 0) is 0 Å². The first-order valence-electron chi connectivity index (χ1n) is 4.27. The molecule has 0 N–H and O–H groups in total. The van der Waals surface area contributed by atoms with E-state index in [0.29, 0.717) is 0 Å². The van der Waals surface area contributed by atoms with Gasteiger partial charge >= 0.3 is 0 Å². The van der Waals surface area contributed by atoms with Gasteiger partial charge < -0.3 is 4.74 Å². The molecule has 14 heavy (non-hydrogen) atoms. The minimum Gasteiger partial charge on any atom is -0.495 e. The lowest BCUT2D eigenvalue weighted by molar-refractivity contribution is 0.112. The molecule has 2 rings (SSSR count). The molecule has 0 aliphatic rings. The van der Waals surface area contributed by atoms with Gasteiger partial charge in [0, 0.05) is 21.0 Å². The summed E-state index contributed by atoms with van der Waals surface area (Å²) in [7, 11) is 1.66. The highest BCUT2D eigenvalue weighted by Gasteiger charge is 2.08. The first-order chi connectivity index (χ1) is 6.76. The molecule has 1 aromatic carbocycles. The second kappa shape index (κ2) is 3.42. The molecule has 1 aromatic heterocycles. The molecule has 2 aromatic rings. The summed E-state index contributed by atoms with van der Waals surface area (Å²) < 4.78 is 6.34. The molecule has 0 amide bonds. The molecule has 0 fully saturated rings. The first kappa shape index (κ1) is 9.21. The maximum atomic E-state index is 10.7. The van der Waals surface area contributed by atoms with E-state index in [-0.39, 0.29) is 0 Å². The number of methoxy groups -OCH3 is 1. The maximum absolute atomic E-state index is 10.7. The molecule has 0 saturated heterocycles. The Kier molecular flexibility index (Phi) is 2.25. The molecule has 0 radical (unpaired) electrons. The number of aldehydes is 1. The summed E-state index contributed by atoms with van der Waals surface area (Å²) in [5.74, 6) is 0.889. The van der Waals surface area contributed by atoms with Crippen LogP contribution in [0.15, 0.2) is 17.5 Å². The fourth-order valence-corrected chi connectivity index (χ4v) is 2.62. The van der Waals surface area contributed by atoms with Gasteiger partial charge in [0.25, 0.3) is 0 Å². The Morgan fingerprint density at radius 3 is 2.86 bits per heavy atom. The molecule has 0 unspecified atom stereocenters. The SMILES string of the molecule is COc1csc2cc(C=O)cc(C)c12. The average molecular weight is 206 g/mol. The van der Waals surface area contributed by atoms with Crippen LogP contribution in [0.4, 0.5) is 0 Å². The highest BCUT2D eigenvalue weighted by molar-refractivity contribution is 7.17. The number of carbonyl (C=O) groups is 1. The number of fused-ring (bicyclic) bond motifs is 1. The monoisotopic (exact) mass is 206 g/mol. The van der Waals surface area contributed by atoms with Crippen molar-refractivity contribution in [2.45, 2.75) is 6.92 Å². The molecular formula is C11H10O2S. The van der Waals surface area contributed by atoms with Crippen LogP contribution < -0.4 is 4.74 Å². The second-order valence-electron chi connectivity index (χ2n) is 3.13. The molecule has 0 aliphatic carbocycles. The van der Waals surface area contributed by atoms with Crippen molar-refractivity contribution in [3.63, 3.8) is 0 Å². The van der Waals surface area contributed by atoms with Crippen LogP contribution in [0, 0.1) is 6.92 Å². The van der Waals surface area contributed by atoms with E-state index in [1.807, 2.05) is 24.4 Å². The van der Waals surface area contributed by atoms with Crippen molar-refractivity contribution in [3.8, 4) is 5.75 Å². The van der Waals surface area contributed by atoms with Crippen LogP contribution in [0.2, 0.25) is 0 Å². The van der Waals surface area contributed by atoms with Gasteiger partial charge in [-0.3, -0.25) is 4.79 Å². The Balaban J connectivity index is 2.78. The van der Waals surface area contributed by atoms with Crippen molar-refractivity contribution < 1.29 is 9.53 Å². The number of rotatable bonds is 2. The zero-order valence-corrected chi connectivity index (χ0v) is 8.85. The molecule has 3 heteroatoms. The number of hydrogen-bond acceptors (Lipinski definition) is 3. The van der Waals surface area contributed by atoms with Crippen LogP contribution in [-0.4, -0.2) is 13.4 Å². The number of thiophene rings is 1. The maximum Gasteiger partial charge on any atom is 0.150 e. The van der Waals surface area contributed by atoms with Gasteiger partial charge in [-0.25, -0.2) is 0 Å². The van der Waals surface area contributed by atoms with E-state index in [4.69, 9.17) is 4.74 Å². The summed E-state index contributed by atoms with van der Waals surface area (Å²) in [6.07, 6.45) is 0.874. The van der Waals surface area contributed by atoms with E-state index in [1.165, 1.54) is 0 Å². The largest absolute Gasteiger partial charge is 0.495 e.